The van der Waals surface area contributed by atoms with Crippen molar-refractivity contribution >= 4 is 5.91 Å². The van der Waals surface area contributed by atoms with Crippen LogP contribution in [0.4, 0.5) is 0 Å². The lowest BCUT2D eigenvalue weighted by Gasteiger charge is -2.04. The molecule has 130 valence electrons. The standard InChI is InChI=1S/C20H39NO/c1-2-3-4-5-6-7-8-9-10-11-12-13-14-15-18-21-20(22)19-16-17-19/h19H,2-18H2,1H3,(H,21,22). The average Bonchev–Trinajstić information content (AvgIpc) is 3.36. The molecule has 1 amide bonds. The highest BCUT2D eigenvalue weighted by atomic mass is 16.2. The molecule has 1 N–H and O–H groups in total. The van der Waals surface area contributed by atoms with Gasteiger partial charge < -0.3 is 5.32 Å². The van der Waals surface area contributed by atoms with Crippen LogP contribution < -0.4 is 5.32 Å². The van der Waals surface area contributed by atoms with E-state index < -0.39 is 0 Å². The number of amides is 1. The first kappa shape index (κ1) is 19.5. The Morgan fingerprint density at radius 2 is 1.14 bits per heavy atom. The number of nitrogens with one attached hydrogen (secondary N) is 1. The third kappa shape index (κ3) is 12.1. The monoisotopic (exact) mass is 309 g/mol. The number of carbonyl (C=O) groups is 1. The van der Waals surface area contributed by atoms with E-state index in [4.69, 9.17) is 0 Å². The van der Waals surface area contributed by atoms with E-state index in [1.165, 1.54) is 83.5 Å². The molecular formula is C20H39NO. The van der Waals surface area contributed by atoms with Crippen LogP contribution in [0.25, 0.3) is 0 Å². The SMILES string of the molecule is CCCCCCCCCCCCCCCCNC(=O)C1CC1. The van der Waals surface area contributed by atoms with Crippen molar-refractivity contribution in [1.29, 1.82) is 0 Å². The largest absolute Gasteiger partial charge is 0.356 e. The molecule has 0 aliphatic heterocycles. The van der Waals surface area contributed by atoms with Gasteiger partial charge in [-0.05, 0) is 19.3 Å². The van der Waals surface area contributed by atoms with Gasteiger partial charge in [0.25, 0.3) is 0 Å². The van der Waals surface area contributed by atoms with Gasteiger partial charge in [0.05, 0.1) is 0 Å². The van der Waals surface area contributed by atoms with Gasteiger partial charge in [0.1, 0.15) is 0 Å². The van der Waals surface area contributed by atoms with Crippen molar-refractivity contribution in [2.45, 2.75) is 110 Å². The van der Waals surface area contributed by atoms with Crippen LogP contribution >= 0.6 is 0 Å². The van der Waals surface area contributed by atoms with Crippen molar-refractivity contribution < 1.29 is 4.79 Å². The van der Waals surface area contributed by atoms with Crippen LogP contribution in [0.1, 0.15) is 110 Å². The maximum Gasteiger partial charge on any atom is 0.223 e. The fraction of sp³-hybridized carbons (Fsp3) is 0.950. The molecule has 0 aromatic heterocycles. The van der Waals surface area contributed by atoms with E-state index in [0.717, 1.165) is 25.8 Å². The van der Waals surface area contributed by atoms with Crippen LogP contribution in [0, 0.1) is 5.92 Å². The quantitative estimate of drug-likeness (QED) is 0.348. The predicted octanol–water partition coefficient (Wildman–Crippen LogP) is 5.99. The second kappa shape index (κ2) is 14.1. The van der Waals surface area contributed by atoms with Gasteiger partial charge in [0, 0.05) is 12.5 Å². The average molecular weight is 310 g/mol. The molecule has 0 radical (unpaired) electrons. The van der Waals surface area contributed by atoms with Crippen LogP contribution in [-0.2, 0) is 4.79 Å². The topological polar surface area (TPSA) is 29.1 Å². The van der Waals surface area contributed by atoms with E-state index in [9.17, 15) is 4.79 Å². The lowest BCUT2D eigenvalue weighted by Crippen LogP contribution is -2.25. The molecule has 0 atom stereocenters. The number of rotatable bonds is 16. The molecule has 0 unspecified atom stereocenters. The third-order valence-electron chi connectivity index (χ3n) is 4.78. The molecule has 1 rings (SSSR count). The van der Waals surface area contributed by atoms with Gasteiger partial charge in [-0.3, -0.25) is 4.79 Å². The first-order valence-electron chi connectivity index (χ1n) is 10.1. The summed E-state index contributed by atoms with van der Waals surface area (Å²) in [5.74, 6) is 0.668. The van der Waals surface area contributed by atoms with Crippen LogP contribution in [0.2, 0.25) is 0 Å². The summed E-state index contributed by atoms with van der Waals surface area (Å²) in [6.45, 7) is 3.18. The highest BCUT2D eigenvalue weighted by molar-refractivity contribution is 5.80. The van der Waals surface area contributed by atoms with Crippen molar-refractivity contribution in [3.63, 3.8) is 0 Å². The highest BCUT2D eigenvalue weighted by Crippen LogP contribution is 2.28. The van der Waals surface area contributed by atoms with E-state index in [2.05, 4.69) is 12.2 Å². The molecule has 22 heavy (non-hydrogen) atoms. The van der Waals surface area contributed by atoms with Gasteiger partial charge in [-0.15, -0.1) is 0 Å². The first-order valence-corrected chi connectivity index (χ1v) is 10.1. The number of carbonyl (C=O) groups excluding carboxylic acids is 1. The van der Waals surface area contributed by atoms with Crippen molar-refractivity contribution in [3.05, 3.63) is 0 Å². The third-order valence-corrected chi connectivity index (χ3v) is 4.78. The summed E-state index contributed by atoms with van der Waals surface area (Å²) in [6, 6.07) is 0. The Balaban J connectivity index is 1.65. The molecular weight excluding hydrogens is 270 g/mol. The molecule has 1 aliphatic carbocycles. The molecule has 0 aromatic carbocycles. The van der Waals surface area contributed by atoms with Gasteiger partial charge in [-0.1, -0.05) is 90.4 Å². The minimum Gasteiger partial charge on any atom is -0.356 e. The second-order valence-corrected chi connectivity index (χ2v) is 7.16. The summed E-state index contributed by atoms with van der Waals surface area (Å²) >= 11 is 0. The zero-order valence-electron chi connectivity index (χ0n) is 15.0. The molecule has 0 saturated heterocycles. The molecule has 1 saturated carbocycles. The fourth-order valence-corrected chi connectivity index (χ4v) is 3.02. The number of hydrogen-bond acceptors (Lipinski definition) is 1. The van der Waals surface area contributed by atoms with Crippen LogP contribution in [0.5, 0.6) is 0 Å². The second-order valence-electron chi connectivity index (χ2n) is 7.16. The number of hydrogen-bond donors (Lipinski definition) is 1. The van der Waals surface area contributed by atoms with E-state index in [-0.39, 0.29) is 0 Å². The minimum atomic E-state index is 0.301. The van der Waals surface area contributed by atoms with Gasteiger partial charge in [-0.25, -0.2) is 0 Å². The molecule has 1 aliphatic rings. The van der Waals surface area contributed by atoms with Gasteiger partial charge in [-0.2, -0.15) is 0 Å². The van der Waals surface area contributed by atoms with Crippen molar-refractivity contribution in [3.8, 4) is 0 Å². The molecule has 0 spiro atoms. The molecule has 2 nitrogen and oxygen atoms in total. The maximum atomic E-state index is 11.4. The number of unbranched alkanes of at least 4 members (excludes halogenated alkanes) is 13. The minimum absolute atomic E-state index is 0.301. The van der Waals surface area contributed by atoms with Gasteiger partial charge in [0.15, 0.2) is 0 Å². The van der Waals surface area contributed by atoms with E-state index >= 15 is 0 Å². The van der Waals surface area contributed by atoms with Gasteiger partial charge >= 0.3 is 0 Å². The zero-order valence-corrected chi connectivity index (χ0v) is 15.0. The molecule has 0 heterocycles. The maximum absolute atomic E-state index is 11.4. The normalized spacial score (nSPS) is 14.2. The Morgan fingerprint density at radius 3 is 1.55 bits per heavy atom. The van der Waals surface area contributed by atoms with E-state index in [0.29, 0.717) is 11.8 Å². The summed E-state index contributed by atoms with van der Waals surface area (Å²) in [4.78, 5) is 11.4. The van der Waals surface area contributed by atoms with Crippen molar-refractivity contribution in [1.82, 2.24) is 5.32 Å². The highest BCUT2D eigenvalue weighted by Gasteiger charge is 2.28. The summed E-state index contributed by atoms with van der Waals surface area (Å²) in [7, 11) is 0. The first-order chi connectivity index (χ1) is 10.8. The Hall–Kier alpha value is -0.530. The molecule has 2 heteroatoms. The van der Waals surface area contributed by atoms with Crippen molar-refractivity contribution in [2.75, 3.05) is 6.54 Å². The van der Waals surface area contributed by atoms with Crippen LogP contribution in [0.3, 0.4) is 0 Å². The van der Waals surface area contributed by atoms with E-state index in [1.54, 1.807) is 0 Å². The lowest BCUT2D eigenvalue weighted by atomic mass is 10.0. The summed E-state index contributed by atoms with van der Waals surface area (Å²) in [5.41, 5.74) is 0. The smallest absolute Gasteiger partial charge is 0.223 e. The Morgan fingerprint density at radius 1 is 0.727 bits per heavy atom. The van der Waals surface area contributed by atoms with E-state index in [1.807, 2.05) is 0 Å². The molecule has 0 bridgehead atoms. The molecule has 1 fully saturated rings. The summed E-state index contributed by atoms with van der Waals surface area (Å²) in [5, 5.41) is 3.05. The summed E-state index contributed by atoms with van der Waals surface area (Å²) in [6.07, 6.45) is 21.7. The molecule has 0 aromatic rings. The van der Waals surface area contributed by atoms with Crippen LogP contribution in [0.15, 0.2) is 0 Å². The summed E-state index contributed by atoms with van der Waals surface area (Å²) < 4.78 is 0. The fourth-order valence-electron chi connectivity index (χ4n) is 3.02. The lowest BCUT2D eigenvalue weighted by molar-refractivity contribution is -0.122. The Bertz CT molecular complexity index is 260. The van der Waals surface area contributed by atoms with Crippen molar-refractivity contribution in [2.24, 2.45) is 5.92 Å². The zero-order chi connectivity index (χ0) is 15.9. The van der Waals surface area contributed by atoms with Crippen LogP contribution in [-0.4, -0.2) is 12.5 Å². The van der Waals surface area contributed by atoms with Gasteiger partial charge in [0.2, 0.25) is 5.91 Å². The Kier molecular flexibility index (Phi) is 12.5. The predicted molar refractivity (Wildman–Crippen MR) is 96.0 cm³/mol. The Labute approximate surface area is 138 Å².